The van der Waals surface area contributed by atoms with Crippen LogP contribution in [0.15, 0.2) is 22.9 Å². The third-order valence-electron chi connectivity index (χ3n) is 2.52. The van der Waals surface area contributed by atoms with E-state index in [0.29, 0.717) is 17.2 Å². The molecule has 1 atom stereocenters. The van der Waals surface area contributed by atoms with Gasteiger partial charge in [-0.05, 0) is 31.3 Å². The van der Waals surface area contributed by atoms with Crippen LogP contribution in [0, 0.1) is 17.2 Å². The Labute approximate surface area is 73.4 Å². The Morgan fingerprint density at radius 3 is 2.92 bits per heavy atom. The molecule has 0 saturated heterocycles. The maximum Gasteiger partial charge on any atom is 0.101 e. The lowest BCUT2D eigenvalue weighted by Gasteiger charge is -2.10. The zero-order chi connectivity index (χ0) is 9.14. The monoisotopic (exact) mass is 162 g/mol. The molecule has 0 saturated carbocycles. The molecule has 0 aromatic carbocycles. The molecular weight excluding hydrogens is 148 g/mol. The Balaban J connectivity index is 3.06. The highest BCUT2D eigenvalue weighted by molar-refractivity contribution is 5.43. The number of nitrogens with two attached hydrogens (primary N) is 1. The van der Waals surface area contributed by atoms with Gasteiger partial charge >= 0.3 is 0 Å². The summed E-state index contributed by atoms with van der Waals surface area (Å²) in [6, 6.07) is 2.12. The molecular formula is C10H14N2. The van der Waals surface area contributed by atoms with Gasteiger partial charge < -0.3 is 5.73 Å². The van der Waals surface area contributed by atoms with Crippen LogP contribution in [0.4, 0.5) is 0 Å². The maximum absolute atomic E-state index is 8.76. The standard InChI is InChI=1S/C10H14N2/c1-7-4-3-5-9(6-11)10(12)8(7)2/h5,7H,3-4,12H2,1-2H3. The molecule has 1 unspecified atom stereocenters. The lowest BCUT2D eigenvalue weighted by molar-refractivity contribution is 0.622. The van der Waals surface area contributed by atoms with E-state index >= 15 is 0 Å². The summed E-state index contributed by atoms with van der Waals surface area (Å²) in [4.78, 5) is 0. The lowest BCUT2D eigenvalue weighted by atomic mass is 9.97. The SMILES string of the molecule is CC1=C(N)C(C#N)=CCCC1C. The van der Waals surface area contributed by atoms with Crippen molar-refractivity contribution in [2.24, 2.45) is 11.7 Å². The van der Waals surface area contributed by atoms with E-state index in [4.69, 9.17) is 11.0 Å². The summed E-state index contributed by atoms with van der Waals surface area (Å²) in [5, 5.41) is 8.76. The normalized spacial score (nSPS) is 24.4. The van der Waals surface area contributed by atoms with Crippen LogP contribution in [0.3, 0.4) is 0 Å². The second-order valence-electron chi connectivity index (χ2n) is 3.30. The van der Waals surface area contributed by atoms with Crippen molar-refractivity contribution in [1.29, 1.82) is 5.26 Å². The molecule has 1 aliphatic carbocycles. The molecule has 0 aliphatic heterocycles. The van der Waals surface area contributed by atoms with Crippen molar-refractivity contribution in [3.05, 3.63) is 22.9 Å². The smallest absolute Gasteiger partial charge is 0.101 e. The Kier molecular flexibility index (Phi) is 2.54. The zero-order valence-electron chi connectivity index (χ0n) is 7.59. The number of rotatable bonds is 0. The topological polar surface area (TPSA) is 49.8 Å². The molecule has 0 radical (unpaired) electrons. The van der Waals surface area contributed by atoms with Crippen LogP contribution in [0.1, 0.15) is 26.7 Å². The Hall–Kier alpha value is -1.23. The number of nitriles is 1. The van der Waals surface area contributed by atoms with E-state index in [-0.39, 0.29) is 0 Å². The van der Waals surface area contributed by atoms with Gasteiger partial charge in [-0.1, -0.05) is 13.0 Å². The van der Waals surface area contributed by atoms with Crippen LogP contribution < -0.4 is 5.73 Å². The van der Waals surface area contributed by atoms with Crippen LogP contribution in [0.25, 0.3) is 0 Å². The summed E-state index contributed by atoms with van der Waals surface area (Å²) in [6.45, 7) is 4.16. The molecule has 2 N–H and O–H groups in total. The van der Waals surface area contributed by atoms with Crippen LogP contribution in [-0.2, 0) is 0 Å². The van der Waals surface area contributed by atoms with Crippen molar-refractivity contribution in [1.82, 2.24) is 0 Å². The summed E-state index contributed by atoms with van der Waals surface area (Å²) in [5.74, 6) is 0.507. The number of nitrogens with zero attached hydrogens (tertiary/aromatic N) is 1. The molecule has 12 heavy (non-hydrogen) atoms. The summed E-state index contributed by atoms with van der Waals surface area (Å²) in [5.41, 5.74) is 8.30. The fourth-order valence-corrected chi connectivity index (χ4v) is 1.39. The van der Waals surface area contributed by atoms with Gasteiger partial charge in [0.1, 0.15) is 6.07 Å². The van der Waals surface area contributed by atoms with Crippen molar-refractivity contribution in [3.8, 4) is 6.07 Å². The van der Waals surface area contributed by atoms with Crippen molar-refractivity contribution < 1.29 is 0 Å². The van der Waals surface area contributed by atoms with Gasteiger partial charge in [-0.2, -0.15) is 5.26 Å². The van der Waals surface area contributed by atoms with Gasteiger partial charge in [0.15, 0.2) is 0 Å². The molecule has 0 aromatic heterocycles. The molecule has 0 fully saturated rings. The quantitative estimate of drug-likeness (QED) is 0.593. The first-order valence-electron chi connectivity index (χ1n) is 4.23. The summed E-state index contributed by atoms with van der Waals surface area (Å²) in [7, 11) is 0. The average Bonchev–Trinajstić information content (AvgIpc) is 2.19. The molecule has 0 spiro atoms. The third-order valence-corrected chi connectivity index (χ3v) is 2.52. The van der Waals surface area contributed by atoms with Crippen LogP contribution in [0.5, 0.6) is 0 Å². The summed E-state index contributed by atoms with van der Waals surface area (Å²) < 4.78 is 0. The minimum absolute atomic E-state index is 0.507. The van der Waals surface area contributed by atoms with Gasteiger partial charge in [0.25, 0.3) is 0 Å². The van der Waals surface area contributed by atoms with Gasteiger partial charge in [-0.15, -0.1) is 0 Å². The molecule has 2 heteroatoms. The first-order chi connectivity index (χ1) is 5.66. The first kappa shape index (κ1) is 8.86. The fourth-order valence-electron chi connectivity index (χ4n) is 1.39. The second kappa shape index (κ2) is 3.44. The largest absolute Gasteiger partial charge is 0.398 e. The molecule has 2 nitrogen and oxygen atoms in total. The molecule has 1 rings (SSSR count). The van der Waals surface area contributed by atoms with E-state index in [1.54, 1.807) is 0 Å². The van der Waals surface area contributed by atoms with Crippen molar-refractivity contribution in [2.75, 3.05) is 0 Å². The maximum atomic E-state index is 8.76. The van der Waals surface area contributed by atoms with Crippen molar-refractivity contribution in [2.45, 2.75) is 26.7 Å². The molecule has 64 valence electrons. The van der Waals surface area contributed by atoms with Gasteiger partial charge in [0.05, 0.1) is 5.57 Å². The highest BCUT2D eigenvalue weighted by Gasteiger charge is 2.13. The van der Waals surface area contributed by atoms with Crippen LogP contribution in [-0.4, -0.2) is 0 Å². The number of hydrogen-bond donors (Lipinski definition) is 1. The fraction of sp³-hybridized carbons (Fsp3) is 0.500. The third kappa shape index (κ3) is 1.50. The number of hydrogen-bond acceptors (Lipinski definition) is 2. The van der Waals surface area contributed by atoms with Crippen LogP contribution >= 0.6 is 0 Å². The molecule has 0 aromatic rings. The van der Waals surface area contributed by atoms with Gasteiger partial charge in [0, 0.05) is 5.70 Å². The minimum atomic E-state index is 0.507. The van der Waals surface area contributed by atoms with Crippen LogP contribution in [0.2, 0.25) is 0 Å². The van der Waals surface area contributed by atoms with Crippen molar-refractivity contribution >= 4 is 0 Å². The zero-order valence-corrected chi connectivity index (χ0v) is 7.59. The van der Waals surface area contributed by atoms with Crippen molar-refractivity contribution in [3.63, 3.8) is 0 Å². The summed E-state index contributed by atoms with van der Waals surface area (Å²) in [6.07, 6.45) is 3.99. The second-order valence-corrected chi connectivity index (χ2v) is 3.30. The van der Waals surface area contributed by atoms with E-state index < -0.39 is 0 Å². The lowest BCUT2D eigenvalue weighted by Crippen LogP contribution is -2.06. The highest BCUT2D eigenvalue weighted by Crippen LogP contribution is 2.25. The average molecular weight is 162 g/mol. The van der Waals surface area contributed by atoms with E-state index in [1.165, 1.54) is 0 Å². The Morgan fingerprint density at radius 1 is 1.67 bits per heavy atom. The van der Waals surface area contributed by atoms with E-state index in [9.17, 15) is 0 Å². The predicted octanol–water partition coefficient (Wildman–Crippen LogP) is 2.10. The molecule has 0 amide bonds. The van der Waals surface area contributed by atoms with Gasteiger partial charge in [-0.3, -0.25) is 0 Å². The highest BCUT2D eigenvalue weighted by atomic mass is 14.6. The molecule has 1 aliphatic rings. The van der Waals surface area contributed by atoms with Gasteiger partial charge in [0.2, 0.25) is 0 Å². The van der Waals surface area contributed by atoms with E-state index in [0.717, 1.165) is 18.4 Å². The van der Waals surface area contributed by atoms with E-state index in [1.807, 2.05) is 13.0 Å². The Morgan fingerprint density at radius 2 is 2.33 bits per heavy atom. The first-order valence-corrected chi connectivity index (χ1v) is 4.23. The summed E-state index contributed by atoms with van der Waals surface area (Å²) >= 11 is 0. The Bertz CT molecular complexity index is 279. The van der Waals surface area contributed by atoms with Gasteiger partial charge in [-0.25, -0.2) is 0 Å². The minimum Gasteiger partial charge on any atom is -0.398 e. The number of allylic oxidation sites excluding steroid dienone is 3. The van der Waals surface area contributed by atoms with E-state index in [2.05, 4.69) is 13.0 Å². The molecule has 0 heterocycles. The molecule has 0 bridgehead atoms. The predicted molar refractivity (Wildman–Crippen MR) is 49.0 cm³/mol.